The first-order chi connectivity index (χ1) is 27.0. The van der Waals surface area contributed by atoms with Gasteiger partial charge < -0.3 is 9.80 Å². The Kier molecular flexibility index (Phi) is 7.30. The number of para-hydroxylation sites is 3. The van der Waals surface area contributed by atoms with E-state index in [0.29, 0.717) is 0 Å². The summed E-state index contributed by atoms with van der Waals surface area (Å²) in [4.78, 5) is 4.93. The Morgan fingerprint density at radius 3 is 1.89 bits per heavy atom. The summed E-state index contributed by atoms with van der Waals surface area (Å²) in [6.45, 7) is 5.84. The van der Waals surface area contributed by atoms with Gasteiger partial charge in [0.1, 0.15) is 0 Å². The summed E-state index contributed by atoms with van der Waals surface area (Å²) >= 11 is 1.87. The lowest BCUT2D eigenvalue weighted by Gasteiger charge is -2.32. The molecule has 0 spiro atoms. The van der Waals surface area contributed by atoms with Crippen LogP contribution in [0.3, 0.4) is 0 Å². The average molecular weight is 725 g/mol. The van der Waals surface area contributed by atoms with Gasteiger partial charge in [0, 0.05) is 49.2 Å². The summed E-state index contributed by atoms with van der Waals surface area (Å²) in [6.07, 6.45) is 11.4. The third kappa shape index (κ3) is 5.21. The van der Waals surface area contributed by atoms with Crippen LogP contribution in [0.1, 0.15) is 59.2 Å². The molecular formula is C52H40N2S. The molecule has 0 atom stereocenters. The van der Waals surface area contributed by atoms with E-state index in [1.807, 2.05) is 11.3 Å². The largest absolute Gasteiger partial charge is 0.341 e. The van der Waals surface area contributed by atoms with Crippen molar-refractivity contribution in [2.24, 2.45) is 0 Å². The van der Waals surface area contributed by atoms with Crippen molar-refractivity contribution in [1.29, 1.82) is 0 Å². The van der Waals surface area contributed by atoms with E-state index in [-0.39, 0.29) is 5.41 Å². The minimum atomic E-state index is -0.0868. The van der Waals surface area contributed by atoms with Gasteiger partial charge in [0.05, 0.1) is 11.4 Å². The van der Waals surface area contributed by atoms with E-state index in [0.717, 1.165) is 13.0 Å². The minimum absolute atomic E-state index is 0.0868. The van der Waals surface area contributed by atoms with Crippen LogP contribution >= 0.6 is 11.3 Å². The van der Waals surface area contributed by atoms with E-state index in [1.54, 1.807) is 0 Å². The second-order valence-electron chi connectivity index (χ2n) is 15.7. The summed E-state index contributed by atoms with van der Waals surface area (Å²) < 4.78 is 2.62. The Morgan fingerprint density at radius 1 is 0.545 bits per heavy atom. The summed E-state index contributed by atoms with van der Waals surface area (Å²) in [7, 11) is 0. The summed E-state index contributed by atoms with van der Waals surface area (Å²) in [6, 6.07) is 54.3. The summed E-state index contributed by atoms with van der Waals surface area (Å²) in [5.41, 5.74) is 18.0. The number of hydrogen-bond donors (Lipinski definition) is 0. The number of rotatable bonds is 4. The van der Waals surface area contributed by atoms with Crippen molar-refractivity contribution in [3.05, 3.63) is 185 Å². The second kappa shape index (κ2) is 12.4. The number of fused-ring (bicyclic) bond motifs is 9. The van der Waals surface area contributed by atoms with Gasteiger partial charge in [-0.15, -0.1) is 11.3 Å². The first-order valence-electron chi connectivity index (χ1n) is 19.5. The molecule has 7 aromatic carbocycles. The molecule has 1 aliphatic carbocycles. The third-order valence-corrected chi connectivity index (χ3v) is 13.3. The molecule has 0 N–H and O–H groups in total. The fourth-order valence-electron chi connectivity index (χ4n) is 9.29. The Balaban J connectivity index is 0.921. The van der Waals surface area contributed by atoms with E-state index < -0.39 is 0 Å². The van der Waals surface area contributed by atoms with Gasteiger partial charge in [0.15, 0.2) is 0 Å². The van der Waals surface area contributed by atoms with Crippen molar-refractivity contribution in [1.82, 2.24) is 0 Å². The number of thiophene rings is 1. The summed E-state index contributed by atoms with van der Waals surface area (Å²) in [5, 5.41) is 2.60. The second-order valence-corrected chi connectivity index (χ2v) is 16.8. The number of hydrogen-bond acceptors (Lipinski definition) is 3. The van der Waals surface area contributed by atoms with Crippen LogP contribution in [0.5, 0.6) is 0 Å². The van der Waals surface area contributed by atoms with Crippen molar-refractivity contribution < 1.29 is 0 Å². The zero-order chi connectivity index (χ0) is 36.7. The fourth-order valence-corrected chi connectivity index (χ4v) is 10.4. The van der Waals surface area contributed by atoms with Gasteiger partial charge in [-0.25, -0.2) is 0 Å². The number of nitrogens with zero attached hydrogens (tertiary/aromatic N) is 2. The molecular weight excluding hydrogens is 685 g/mol. The lowest BCUT2D eigenvalue weighted by Crippen LogP contribution is -2.25. The molecule has 2 aliphatic heterocycles. The Labute approximate surface area is 326 Å². The van der Waals surface area contributed by atoms with Crippen molar-refractivity contribution in [2.75, 3.05) is 16.3 Å². The molecule has 0 bridgehead atoms. The highest BCUT2D eigenvalue weighted by Gasteiger charge is 2.36. The molecule has 264 valence electrons. The van der Waals surface area contributed by atoms with Gasteiger partial charge in [-0.1, -0.05) is 123 Å². The van der Waals surface area contributed by atoms with E-state index in [1.165, 1.54) is 105 Å². The van der Waals surface area contributed by atoms with Crippen LogP contribution in [0.4, 0.5) is 28.4 Å². The molecule has 3 heterocycles. The van der Waals surface area contributed by atoms with Gasteiger partial charge in [0.2, 0.25) is 0 Å². The maximum absolute atomic E-state index is 2.52. The molecule has 0 unspecified atom stereocenters. The van der Waals surface area contributed by atoms with Crippen molar-refractivity contribution in [3.8, 4) is 11.1 Å². The number of anilines is 5. The molecule has 0 amide bonds. The average Bonchev–Trinajstić information content (AvgIpc) is 3.62. The minimum Gasteiger partial charge on any atom is -0.341 e. The molecule has 3 aliphatic rings. The zero-order valence-corrected chi connectivity index (χ0v) is 31.9. The van der Waals surface area contributed by atoms with Crippen molar-refractivity contribution >= 4 is 84.3 Å². The van der Waals surface area contributed by atoms with Crippen LogP contribution in [0.2, 0.25) is 0 Å². The van der Waals surface area contributed by atoms with Gasteiger partial charge in [-0.05, 0) is 124 Å². The molecule has 3 heteroatoms. The van der Waals surface area contributed by atoms with Crippen molar-refractivity contribution in [2.45, 2.75) is 32.1 Å². The van der Waals surface area contributed by atoms with Crippen LogP contribution in [0.15, 0.2) is 146 Å². The Morgan fingerprint density at radius 2 is 1.13 bits per heavy atom. The zero-order valence-electron chi connectivity index (χ0n) is 31.1. The lowest BCUT2D eigenvalue weighted by molar-refractivity contribution is 0.659. The van der Waals surface area contributed by atoms with Gasteiger partial charge >= 0.3 is 0 Å². The van der Waals surface area contributed by atoms with Crippen LogP contribution in [0, 0.1) is 0 Å². The maximum atomic E-state index is 2.52. The molecule has 55 heavy (non-hydrogen) atoms. The van der Waals surface area contributed by atoms with Crippen molar-refractivity contribution in [3.63, 3.8) is 0 Å². The highest BCUT2D eigenvalue weighted by atomic mass is 32.1. The van der Waals surface area contributed by atoms with E-state index in [9.17, 15) is 0 Å². The Hall–Kier alpha value is -6.16. The van der Waals surface area contributed by atoms with Crippen LogP contribution < -0.4 is 9.80 Å². The predicted molar refractivity (Wildman–Crippen MR) is 238 cm³/mol. The number of benzene rings is 7. The van der Waals surface area contributed by atoms with Gasteiger partial charge in [-0.2, -0.15) is 0 Å². The fraction of sp³-hybridized carbons (Fsp3) is 0.115. The molecule has 0 radical (unpaired) electrons. The van der Waals surface area contributed by atoms with Gasteiger partial charge in [0.25, 0.3) is 0 Å². The molecule has 2 nitrogen and oxygen atoms in total. The standard InChI is InChI=1S/C52H40N2S/c1-52(2)45-31-35(19-25-41(45)42-26-23-39(33-46(42)52)53-29-9-13-36-10-3-6-14-47(36)53)18-17-34-20-27-50-43(30-34)44-32-40(24-28-51(44)55-50)54-48-15-7-4-11-37(48)21-22-38-12-5-8-16-49(38)54/h3-8,10-12,14-28,30-33H,9,13,29H2,1-2H3/b18-17+. The maximum Gasteiger partial charge on any atom is 0.0534 e. The monoisotopic (exact) mass is 724 g/mol. The van der Waals surface area contributed by atoms with E-state index >= 15 is 0 Å². The molecule has 0 saturated carbocycles. The lowest BCUT2D eigenvalue weighted by atomic mass is 9.81. The SMILES string of the molecule is CC1(C)c2cc(/C=C/c3ccc4sc5ccc(N6c7ccccc7C=Cc7ccccc76)cc5c4c3)ccc2-c2ccc(N3CCCc4ccccc43)cc21. The Bertz CT molecular complexity index is 2860. The molecule has 8 aromatic rings. The van der Waals surface area contributed by atoms with Crippen LogP contribution in [-0.4, -0.2) is 6.54 Å². The first kappa shape index (κ1) is 32.3. The number of aryl methyl sites for hydroxylation is 1. The molecule has 0 fully saturated rings. The highest BCUT2D eigenvalue weighted by Crippen LogP contribution is 2.51. The van der Waals surface area contributed by atoms with E-state index in [4.69, 9.17) is 0 Å². The molecule has 0 saturated heterocycles. The van der Waals surface area contributed by atoms with Crippen LogP contribution in [0.25, 0.3) is 55.6 Å². The topological polar surface area (TPSA) is 6.48 Å². The molecule has 11 rings (SSSR count). The smallest absolute Gasteiger partial charge is 0.0534 e. The third-order valence-electron chi connectivity index (χ3n) is 12.1. The van der Waals surface area contributed by atoms with E-state index in [2.05, 4.69) is 194 Å². The predicted octanol–water partition coefficient (Wildman–Crippen LogP) is 14.6. The normalized spacial score (nSPS) is 15.2. The highest BCUT2D eigenvalue weighted by molar-refractivity contribution is 7.25. The molecule has 1 aromatic heterocycles. The first-order valence-corrected chi connectivity index (χ1v) is 20.3. The van der Waals surface area contributed by atoms with Crippen LogP contribution in [-0.2, 0) is 11.8 Å². The summed E-state index contributed by atoms with van der Waals surface area (Å²) in [5.74, 6) is 0. The van der Waals surface area contributed by atoms with Gasteiger partial charge in [-0.3, -0.25) is 0 Å². The quantitative estimate of drug-likeness (QED) is 0.167.